The molecule has 0 bridgehead atoms. The van der Waals surface area contributed by atoms with E-state index in [0.29, 0.717) is 11.9 Å². The van der Waals surface area contributed by atoms with Gasteiger partial charge in [-0.25, -0.2) is 0 Å². The highest BCUT2D eigenvalue weighted by molar-refractivity contribution is 6.28. The predicted octanol–water partition coefficient (Wildman–Crippen LogP) is 4.32. The van der Waals surface area contributed by atoms with E-state index in [1.165, 1.54) is 5.56 Å². The second-order valence-corrected chi connectivity index (χ2v) is 5.83. The number of nitrogens with zero attached hydrogens (tertiary/aromatic N) is 4. The molecule has 124 valence electrons. The van der Waals surface area contributed by atoms with Crippen LogP contribution in [0.3, 0.4) is 0 Å². The topological polar surface area (TPSA) is 53.9 Å². The molecular weight excluding hydrogens is 310 g/mol. The number of aromatic nitrogens is 3. The molecule has 1 aromatic carbocycles. The number of hydrogen-bond donors (Lipinski definition) is 1. The largest absolute Gasteiger partial charge is 0.348 e. The minimum Gasteiger partial charge on any atom is -0.348 e. The summed E-state index contributed by atoms with van der Waals surface area (Å²) in [4.78, 5) is 15.2. The summed E-state index contributed by atoms with van der Waals surface area (Å²) in [6.45, 7) is 8.16. The number of anilines is 2. The monoisotopic (exact) mass is 333 g/mol. The van der Waals surface area contributed by atoms with Crippen LogP contribution in [0.2, 0.25) is 5.28 Å². The lowest BCUT2D eigenvalue weighted by atomic mass is 10.1. The van der Waals surface area contributed by atoms with Gasteiger partial charge < -0.3 is 10.2 Å². The van der Waals surface area contributed by atoms with Gasteiger partial charge in [0.05, 0.1) is 6.04 Å². The van der Waals surface area contributed by atoms with E-state index < -0.39 is 0 Å². The average molecular weight is 334 g/mol. The fourth-order valence-corrected chi connectivity index (χ4v) is 2.57. The Hall–Kier alpha value is -1.88. The van der Waals surface area contributed by atoms with Gasteiger partial charge in [-0.2, -0.15) is 15.0 Å². The quantitative estimate of drug-likeness (QED) is 0.779. The van der Waals surface area contributed by atoms with E-state index in [1.54, 1.807) is 0 Å². The van der Waals surface area contributed by atoms with Crippen LogP contribution in [0.1, 0.15) is 45.2 Å². The summed E-state index contributed by atoms with van der Waals surface area (Å²) in [6.07, 6.45) is 2.07. The number of nitrogens with one attached hydrogen (secondary N) is 1. The summed E-state index contributed by atoms with van der Waals surface area (Å²) in [5.41, 5.74) is 1.17. The predicted molar refractivity (Wildman–Crippen MR) is 96.1 cm³/mol. The van der Waals surface area contributed by atoms with Crippen molar-refractivity contribution in [2.24, 2.45) is 0 Å². The zero-order valence-electron chi connectivity index (χ0n) is 14.0. The Morgan fingerprint density at radius 3 is 2.30 bits per heavy atom. The Morgan fingerprint density at radius 1 is 1.04 bits per heavy atom. The van der Waals surface area contributed by atoms with Gasteiger partial charge in [-0.1, -0.05) is 44.2 Å². The minimum absolute atomic E-state index is 0.0910. The van der Waals surface area contributed by atoms with Crippen molar-refractivity contribution >= 4 is 23.5 Å². The van der Waals surface area contributed by atoms with Crippen LogP contribution in [0.25, 0.3) is 0 Å². The standard InChI is InChI=1S/C17H24ClN5/c1-4-11-23(12-5-2)17-21-15(18)20-16(22-17)19-13(3)14-9-7-6-8-10-14/h6-10,13H,4-5,11-12H2,1-3H3,(H,19,20,21,22)/t13-/m0/s1. The van der Waals surface area contributed by atoms with Crippen molar-refractivity contribution in [2.45, 2.75) is 39.7 Å². The third-order valence-corrected chi connectivity index (χ3v) is 3.68. The maximum Gasteiger partial charge on any atom is 0.231 e. The normalized spacial score (nSPS) is 12.0. The van der Waals surface area contributed by atoms with E-state index >= 15 is 0 Å². The van der Waals surface area contributed by atoms with E-state index in [0.717, 1.165) is 25.9 Å². The van der Waals surface area contributed by atoms with Crippen LogP contribution >= 0.6 is 11.6 Å². The van der Waals surface area contributed by atoms with Gasteiger partial charge >= 0.3 is 0 Å². The van der Waals surface area contributed by atoms with Crippen LogP contribution in [0.15, 0.2) is 30.3 Å². The molecule has 1 atom stereocenters. The van der Waals surface area contributed by atoms with Gasteiger partial charge in [0.25, 0.3) is 0 Å². The molecule has 2 aromatic rings. The van der Waals surface area contributed by atoms with Crippen molar-refractivity contribution in [3.05, 3.63) is 41.2 Å². The zero-order chi connectivity index (χ0) is 16.7. The maximum absolute atomic E-state index is 6.09. The molecule has 0 fully saturated rings. The molecule has 23 heavy (non-hydrogen) atoms. The lowest BCUT2D eigenvalue weighted by molar-refractivity contribution is 0.716. The summed E-state index contributed by atoms with van der Waals surface area (Å²) in [6, 6.07) is 10.3. The number of rotatable bonds is 8. The highest BCUT2D eigenvalue weighted by Crippen LogP contribution is 2.19. The van der Waals surface area contributed by atoms with E-state index in [9.17, 15) is 0 Å². The highest BCUT2D eigenvalue weighted by Gasteiger charge is 2.13. The van der Waals surface area contributed by atoms with Crippen molar-refractivity contribution in [2.75, 3.05) is 23.3 Å². The molecule has 1 N–H and O–H groups in total. The third-order valence-electron chi connectivity index (χ3n) is 3.51. The number of hydrogen-bond acceptors (Lipinski definition) is 5. The van der Waals surface area contributed by atoms with E-state index in [4.69, 9.17) is 11.6 Å². The highest BCUT2D eigenvalue weighted by atomic mass is 35.5. The maximum atomic E-state index is 6.09. The van der Waals surface area contributed by atoms with Crippen LogP contribution in [-0.4, -0.2) is 28.0 Å². The van der Waals surface area contributed by atoms with Crippen molar-refractivity contribution in [3.63, 3.8) is 0 Å². The van der Waals surface area contributed by atoms with Crippen LogP contribution in [0.5, 0.6) is 0 Å². The fraction of sp³-hybridized carbons (Fsp3) is 0.471. The van der Waals surface area contributed by atoms with Gasteiger partial charge in [0.2, 0.25) is 17.2 Å². The molecule has 1 heterocycles. The van der Waals surface area contributed by atoms with Crippen molar-refractivity contribution < 1.29 is 0 Å². The van der Waals surface area contributed by atoms with Gasteiger partial charge in [0.15, 0.2) is 0 Å². The van der Waals surface area contributed by atoms with Crippen molar-refractivity contribution in [3.8, 4) is 0 Å². The molecule has 2 rings (SSSR count). The number of benzene rings is 1. The Labute approximate surface area is 143 Å². The molecule has 0 aliphatic heterocycles. The SMILES string of the molecule is CCCN(CCC)c1nc(Cl)nc(N[C@@H](C)c2ccccc2)n1. The third kappa shape index (κ3) is 5.06. The van der Waals surface area contributed by atoms with Gasteiger partial charge in [0.1, 0.15) is 0 Å². The molecule has 0 radical (unpaired) electrons. The molecule has 0 saturated carbocycles. The zero-order valence-corrected chi connectivity index (χ0v) is 14.7. The molecule has 0 spiro atoms. The summed E-state index contributed by atoms with van der Waals surface area (Å²) in [5, 5.41) is 3.52. The molecule has 0 saturated heterocycles. The van der Waals surface area contributed by atoms with Crippen molar-refractivity contribution in [1.82, 2.24) is 15.0 Å². The van der Waals surface area contributed by atoms with Gasteiger partial charge in [-0.3, -0.25) is 0 Å². The summed E-state index contributed by atoms with van der Waals surface area (Å²) < 4.78 is 0. The van der Waals surface area contributed by atoms with Crippen LogP contribution in [0, 0.1) is 0 Å². The summed E-state index contributed by atoms with van der Waals surface area (Å²) in [7, 11) is 0. The Kier molecular flexibility index (Phi) is 6.59. The Morgan fingerprint density at radius 2 is 1.70 bits per heavy atom. The van der Waals surface area contributed by atoms with E-state index in [2.05, 4.69) is 58.1 Å². The van der Waals surface area contributed by atoms with Gasteiger partial charge in [-0.15, -0.1) is 0 Å². The molecule has 5 nitrogen and oxygen atoms in total. The molecule has 0 aliphatic rings. The van der Waals surface area contributed by atoms with E-state index in [-0.39, 0.29) is 11.3 Å². The van der Waals surface area contributed by atoms with Crippen LogP contribution in [0.4, 0.5) is 11.9 Å². The molecule has 1 aromatic heterocycles. The first-order valence-corrected chi connectivity index (χ1v) is 8.49. The fourth-order valence-electron chi connectivity index (χ4n) is 2.42. The van der Waals surface area contributed by atoms with Crippen molar-refractivity contribution in [1.29, 1.82) is 0 Å². The second kappa shape index (κ2) is 8.67. The molecule has 0 amide bonds. The second-order valence-electron chi connectivity index (χ2n) is 5.49. The average Bonchev–Trinajstić information content (AvgIpc) is 2.55. The Bertz CT molecular complexity index is 599. The lowest BCUT2D eigenvalue weighted by Gasteiger charge is -2.22. The molecule has 6 heteroatoms. The first kappa shape index (κ1) is 17.5. The van der Waals surface area contributed by atoms with Crippen LogP contribution < -0.4 is 10.2 Å². The molecule has 0 aliphatic carbocycles. The first-order chi connectivity index (χ1) is 11.1. The minimum atomic E-state index is 0.0910. The smallest absolute Gasteiger partial charge is 0.231 e. The first-order valence-electron chi connectivity index (χ1n) is 8.12. The Balaban J connectivity index is 2.19. The summed E-state index contributed by atoms with van der Waals surface area (Å²) in [5.74, 6) is 1.14. The van der Waals surface area contributed by atoms with Gasteiger partial charge in [-0.05, 0) is 36.9 Å². The van der Waals surface area contributed by atoms with E-state index in [1.807, 2.05) is 18.2 Å². The molecule has 0 unspecified atom stereocenters. The van der Waals surface area contributed by atoms with Gasteiger partial charge in [0, 0.05) is 13.1 Å². The molecular formula is C17H24ClN5. The number of halogens is 1. The lowest BCUT2D eigenvalue weighted by Crippen LogP contribution is -2.27. The summed E-state index contributed by atoms with van der Waals surface area (Å²) >= 11 is 6.09. The van der Waals surface area contributed by atoms with Crippen LogP contribution in [-0.2, 0) is 0 Å².